The first-order valence-corrected chi connectivity index (χ1v) is 8.54. The van der Waals surface area contributed by atoms with Gasteiger partial charge >= 0.3 is 0 Å². The number of nitrogens with zero attached hydrogens (tertiary/aromatic N) is 3. The van der Waals surface area contributed by atoms with Gasteiger partial charge in [0, 0.05) is 31.5 Å². The van der Waals surface area contributed by atoms with E-state index in [1.807, 2.05) is 31.2 Å². The van der Waals surface area contributed by atoms with Gasteiger partial charge in [0.2, 0.25) is 5.91 Å². The molecule has 1 aliphatic heterocycles. The molecule has 0 atom stereocenters. The molecule has 0 radical (unpaired) electrons. The Bertz CT molecular complexity index is 779. The fraction of sp³-hybridized carbons (Fsp3) is 0.389. The van der Waals surface area contributed by atoms with Crippen molar-refractivity contribution in [1.29, 1.82) is 0 Å². The molecule has 1 saturated heterocycles. The fourth-order valence-electron chi connectivity index (χ4n) is 2.86. The second-order valence-corrected chi connectivity index (χ2v) is 6.17. The number of carbonyl (C=O) groups excluding carboxylic acids is 2. The number of amides is 2. The SMILES string of the molecule is Cc1cc(C(=O)NCC(=O)Nc2ccc(N3CCOCC3)cc2)n(C)n1. The molecule has 0 unspecified atom stereocenters. The van der Waals surface area contributed by atoms with Crippen LogP contribution in [0.2, 0.25) is 0 Å². The number of hydrogen-bond donors (Lipinski definition) is 2. The highest BCUT2D eigenvalue weighted by atomic mass is 16.5. The Balaban J connectivity index is 1.50. The molecule has 2 heterocycles. The first-order valence-electron chi connectivity index (χ1n) is 8.54. The summed E-state index contributed by atoms with van der Waals surface area (Å²) in [7, 11) is 1.69. The van der Waals surface area contributed by atoms with Crippen molar-refractivity contribution in [2.75, 3.05) is 43.1 Å². The summed E-state index contributed by atoms with van der Waals surface area (Å²) in [5, 5.41) is 9.50. The molecule has 1 aliphatic rings. The Kier molecular flexibility index (Phi) is 5.52. The van der Waals surface area contributed by atoms with Crippen molar-refractivity contribution in [3.63, 3.8) is 0 Å². The molecular formula is C18H23N5O3. The molecule has 0 spiro atoms. The molecule has 8 nitrogen and oxygen atoms in total. The number of anilines is 2. The molecule has 0 saturated carbocycles. The number of carbonyl (C=O) groups is 2. The summed E-state index contributed by atoms with van der Waals surface area (Å²) >= 11 is 0. The van der Waals surface area contributed by atoms with E-state index in [0.717, 1.165) is 37.7 Å². The Morgan fingerprint density at radius 2 is 1.88 bits per heavy atom. The maximum atomic E-state index is 12.1. The summed E-state index contributed by atoms with van der Waals surface area (Å²) in [6, 6.07) is 9.33. The second-order valence-electron chi connectivity index (χ2n) is 6.17. The van der Waals surface area contributed by atoms with E-state index in [2.05, 4.69) is 20.6 Å². The predicted molar refractivity (Wildman–Crippen MR) is 98.4 cm³/mol. The van der Waals surface area contributed by atoms with E-state index in [1.54, 1.807) is 13.1 Å². The Labute approximate surface area is 152 Å². The number of hydrogen-bond acceptors (Lipinski definition) is 5. The van der Waals surface area contributed by atoms with Crippen molar-refractivity contribution >= 4 is 23.2 Å². The van der Waals surface area contributed by atoms with Crippen molar-refractivity contribution in [1.82, 2.24) is 15.1 Å². The van der Waals surface area contributed by atoms with E-state index in [9.17, 15) is 9.59 Å². The van der Waals surface area contributed by atoms with Crippen LogP contribution in [0.4, 0.5) is 11.4 Å². The molecule has 1 aromatic heterocycles. The van der Waals surface area contributed by atoms with Crippen LogP contribution in [-0.2, 0) is 16.6 Å². The first kappa shape index (κ1) is 17.9. The van der Waals surface area contributed by atoms with Crippen molar-refractivity contribution in [2.24, 2.45) is 7.05 Å². The fourth-order valence-corrected chi connectivity index (χ4v) is 2.86. The third-order valence-corrected chi connectivity index (χ3v) is 4.17. The van der Waals surface area contributed by atoms with E-state index >= 15 is 0 Å². The van der Waals surface area contributed by atoms with E-state index in [4.69, 9.17) is 4.74 Å². The van der Waals surface area contributed by atoms with Crippen LogP contribution < -0.4 is 15.5 Å². The van der Waals surface area contributed by atoms with Gasteiger partial charge in [-0.15, -0.1) is 0 Å². The van der Waals surface area contributed by atoms with Gasteiger partial charge in [-0.1, -0.05) is 0 Å². The first-order chi connectivity index (χ1) is 12.5. The molecule has 26 heavy (non-hydrogen) atoms. The lowest BCUT2D eigenvalue weighted by Crippen LogP contribution is -2.36. The molecule has 0 bridgehead atoms. The zero-order valence-electron chi connectivity index (χ0n) is 15.0. The molecule has 138 valence electrons. The highest BCUT2D eigenvalue weighted by Gasteiger charge is 2.14. The van der Waals surface area contributed by atoms with Crippen LogP contribution >= 0.6 is 0 Å². The van der Waals surface area contributed by atoms with Crippen LogP contribution in [0.5, 0.6) is 0 Å². The lowest BCUT2D eigenvalue weighted by atomic mass is 10.2. The molecule has 1 aromatic carbocycles. The van der Waals surface area contributed by atoms with Gasteiger partial charge in [-0.25, -0.2) is 0 Å². The molecule has 3 rings (SSSR count). The van der Waals surface area contributed by atoms with Gasteiger partial charge in [-0.2, -0.15) is 5.10 Å². The minimum absolute atomic E-state index is 0.103. The zero-order valence-corrected chi connectivity index (χ0v) is 15.0. The number of rotatable bonds is 5. The largest absolute Gasteiger partial charge is 0.378 e. The zero-order chi connectivity index (χ0) is 18.5. The predicted octanol–water partition coefficient (Wildman–Crippen LogP) is 0.934. The number of nitrogens with one attached hydrogen (secondary N) is 2. The molecule has 1 fully saturated rings. The number of ether oxygens (including phenoxy) is 1. The Morgan fingerprint density at radius 3 is 2.50 bits per heavy atom. The molecule has 2 aromatic rings. The van der Waals surface area contributed by atoms with Crippen molar-refractivity contribution < 1.29 is 14.3 Å². The van der Waals surface area contributed by atoms with Crippen LogP contribution in [0.15, 0.2) is 30.3 Å². The van der Waals surface area contributed by atoms with Crippen molar-refractivity contribution in [3.05, 3.63) is 41.7 Å². The number of aryl methyl sites for hydroxylation is 2. The number of morpholine rings is 1. The maximum absolute atomic E-state index is 12.1. The standard InChI is InChI=1S/C18H23N5O3/c1-13-11-16(22(2)21-13)18(25)19-12-17(24)20-14-3-5-15(6-4-14)23-7-9-26-10-8-23/h3-6,11H,7-10,12H2,1-2H3,(H,19,25)(H,20,24). The molecule has 8 heteroatoms. The average Bonchev–Trinajstić information content (AvgIpc) is 2.99. The van der Waals surface area contributed by atoms with Crippen LogP contribution in [-0.4, -0.2) is 54.4 Å². The molecule has 2 N–H and O–H groups in total. The Hall–Kier alpha value is -2.87. The summed E-state index contributed by atoms with van der Waals surface area (Å²) in [6.07, 6.45) is 0. The molecular weight excluding hydrogens is 334 g/mol. The monoisotopic (exact) mass is 357 g/mol. The van der Waals surface area contributed by atoms with Crippen LogP contribution in [0.3, 0.4) is 0 Å². The number of benzene rings is 1. The summed E-state index contributed by atoms with van der Waals surface area (Å²) in [6.45, 7) is 4.90. The normalized spacial score (nSPS) is 14.2. The lowest BCUT2D eigenvalue weighted by Gasteiger charge is -2.28. The smallest absolute Gasteiger partial charge is 0.269 e. The minimum atomic E-state index is -0.328. The van der Waals surface area contributed by atoms with Gasteiger partial charge in [0.05, 0.1) is 25.5 Å². The quantitative estimate of drug-likeness (QED) is 0.831. The van der Waals surface area contributed by atoms with Crippen LogP contribution in [0.25, 0.3) is 0 Å². The van der Waals surface area contributed by atoms with Gasteiger partial charge in [-0.3, -0.25) is 14.3 Å². The average molecular weight is 357 g/mol. The van der Waals surface area contributed by atoms with E-state index in [0.29, 0.717) is 11.4 Å². The summed E-state index contributed by atoms with van der Waals surface area (Å²) in [5.74, 6) is -0.609. The minimum Gasteiger partial charge on any atom is -0.378 e. The van der Waals surface area contributed by atoms with Crippen LogP contribution in [0.1, 0.15) is 16.2 Å². The number of aromatic nitrogens is 2. The summed E-state index contributed by atoms with van der Waals surface area (Å²) < 4.78 is 6.84. The highest BCUT2D eigenvalue weighted by Crippen LogP contribution is 2.18. The lowest BCUT2D eigenvalue weighted by molar-refractivity contribution is -0.115. The second kappa shape index (κ2) is 8.01. The van der Waals surface area contributed by atoms with Crippen molar-refractivity contribution in [3.8, 4) is 0 Å². The Morgan fingerprint density at radius 1 is 1.19 bits per heavy atom. The highest BCUT2D eigenvalue weighted by molar-refractivity contribution is 5.98. The topological polar surface area (TPSA) is 88.5 Å². The molecule has 2 amide bonds. The van der Waals surface area contributed by atoms with Gasteiger partial charge in [0.25, 0.3) is 5.91 Å². The van der Waals surface area contributed by atoms with Crippen LogP contribution in [0, 0.1) is 6.92 Å². The summed E-state index contributed by atoms with van der Waals surface area (Å²) in [5.41, 5.74) is 2.97. The third-order valence-electron chi connectivity index (χ3n) is 4.17. The van der Waals surface area contributed by atoms with E-state index in [1.165, 1.54) is 4.68 Å². The summed E-state index contributed by atoms with van der Waals surface area (Å²) in [4.78, 5) is 26.4. The third kappa shape index (κ3) is 4.40. The van der Waals surface area contributed by atoms with Gasteiger partial charge < -0.3 is 20.3 Å². The van der Waals surface area contributed by atoms with Gasteiger partial charge in [0.1, 0.15) is 5.69 Å². The van der Waals surface area contributed by atoms with Gasteiger partial charge in [0.15, 0.2) is 0 Å². The van der Waals surface area contributed by atoms with Gasteiger partial charge in [-0.05, 0) is 37.3 Å². The van der Waals surface area contributed by atoms with Crippen molar-refractivity contribution in [2.45, 2.75) is 6.92 Å². The van der Waals surface area contributed by atoms with E-state index < -0.39 is 0 Å². The maximum Gasteiger partial charge on any atom is 0.269 e. The molecule has 0 aliphatic carbocycles. The van der Waals surface area contributed by atoms with E-state index in [-0.39, 0.29) is 18.4 Å².